The van der Waals surface area contributed by atoms with Gasteiger partial charge in [-0.05, 0) is 49.1 Å². The Morgan fingerprint density at radius 1 is 1.12 bits per heavy atom. The van der Waals surface area contributed by atoms with E-state index in [1.165, 1.54) is 0 Å². The number of likely N-dealkylation sites (N-methyl/N-ethyl adjacent to an activating group) is 1. The van der Waals surface area contributed by atoms with Crippen LogP contribution in [0.1, 0.15) is 52.7 Å². The molecule has 33 heavy (non-hydrogen) atoms. The highest BCUT2D eigenvalue weighted by Gasteiger charge is 2.48. The van der Waals surface area contributed by atoms with Gasteiger partial charge in [-0.3, -0.25) is 4.98 Å². The third-order valence-corrected chi connectivity index (χ3v) is 6.29. The summed E-state index contributed by atoms with van der Waals surface area (Å²) in [7, 11) is 1.59. The first-order valence-electron chi connectivity index (χ1n) is 10.0. The minimum atomic E-state index is -5.08. The van der Waals surface area contributed by atoms with Crippen molar-refractivity contribution in [1.29, 1.82) is 0 Å². The lowest BCUT2D eigenvalue weighted by Gasteiger charge is -2.43. The van der Waals surface area contributed by atoms with Crippen LogP contribution in [0.2, 0.25) is 0 Å². The molecular weight excluding hydrogens is 470 g/mol. The summed E-state index contributed by atoms with van der Waals surface area (Å²) in [5.74, 6) is -1.29. The molecule has 4 nitrogen and oxygen atoms in total. The van der Waals surface area contributed by atoms with Gasteiger partial charge in [-0.2, -0.15) is 26.3 Å². The third kappa shape index (κ3) is 5.13. The number of rotatable bonds is 4. The van der Waals surface area contributed by atoms with Gasteiger partial charge in [0, 0.05) is 19.4 Å². The average molecular weight is 490 g/mol. The van der Waals surface area contributed by atoms with E-state index in [1.54, 1.807) is 31.6 Å². The molecule has 0 saturated heterocycles. The highest BCUT2D eigenvalue weighted by Crippen LogP contribution is 2.43. The molecule has 178 valence electrons. The minimum absolute atomic E-state index is 0.0343. The van der Waals surface area contributed by atoms with Gasteiger partial charge in [0.15, 0.2) is 0 Å². The Morgan fingerprint density at radius 2 is 1.76 bits per heavy atom. The molecule has 0 unspecified atom stereocenters. The number of halogens is 6. The lowest BCUT2D eigenvalue weighted by atomic mass is 9.67. The van der Waals surface area contributed by atoms with Crippen molar-refractivity contribution in [2.24, 2.45) is 0 Å². The number of pyridine rings is 1. The van der Waals surface area contributed by atoms with Crippen molar-refractivity contribution in [2.75, 3.05) is 7.05 Å². The summed E-state index contributed by atoms with van der Waals surface area (Å²) in [5.41, 5.74) is -4.38. The van der Waals surface area contributed by atoms with Gasteiger partial charge in [0.25, 0.3) is 0 Å². The van der Waals surface area contributed by atoms with E-state index in [-0.39, 0.29) is 6.07 Å². The van der Waals surface area contributed by atoms with E-state index >= 15 is 0 Å². The van der Waals surface area contributed by atoms with Crippen LogP contribution < -0.4 is 5.32 Å². The number of alkyl halides is 6. The number of carbonyl (C=O) groups excluding carboxylic acids is 1. The van der Waals surface area contributed by atoms with Crippen molar-refractivity contribution >= 4 is 23.2 Å². The maximum absolute atomic E-state index is 13.2. The molecule has 0 amide bonds. The molecule has 11 heteroatoms. The quantitative estimate of drug-likeness (QED) is 0.338. The molecule has 1 aliphatic rings. The number of esters is 1. The van der Waals surface area contributed by atoms with Gasteiger partial charge in [-0.15, -0.1) is 0 Å². The second-order valence-electron chi connectivity index (χ2n) is 7.73. The lowest BCUT2D eigenvalue weighted by Crippen LogP contribution is -2.53. The van der Waals surface area contributed by atoms with Crippen LogP contribution >= 0.6 is 12.2 Å². The van der Waals surface area contributed by atoms with Crippen LogP contribution in [0.15, 0.2) is 42.7 Å². The standard InChI is InChI=1S/C22H20F6N2O2S/c1-29-19(33)20(14-5-4-8-30-12-14)7-3-2-6-17(20)32-18(31)13-9-15(21(23,24)25)11-16(10-13)22(26,27)28/h4-5,8-12,17H,2-3,6-7H2,1H3,(H,29,33)/t17-,20+/m1/s1. The third-order valence-electron chi connectivity index (χ3n) is 5.72. The van der Waals surface area contributed by atoms with Crippen LogP contribution in [0.4, 0.5) is 26.3 Å². The number of hydrogen-bond acceptors (Lipinski definition) is 4. The molecule has 1 saturated carbocycles. The van der Waals surface area contributed by atoms with Crippen molar-refractivity contribution < 1.29 is 35.9 Å². The van der Waals surface area contributed by atoms with Gasteiger partial charge >= 0.3 is 18.3 Å². The summed E-state index contributed by atoms with van der Waals surface area (Å²) < 4.78 is 84.8. The van der Waals surface area contributed by atoms with Crippen LogP contribution in [0.5, 0.6) is 0 Å². The number of thiocarbonyl (C=S) groups is 1. The van der Waals surface area contributed by atoms with Crippen molar-refractivity contribution in [3.8, 4) is 0 Å². The van der Waals surface area contributed by atoms with Crippen LogP contribution in [-0.2, 0) is 22.5 Å². The van der Waals surface area contributed by atoms with E-state index < -0.39 is 46.5 Å². The molecule has 0 radical (unpaired) electrons. The molecule has 1 aromatic heterocycles. The number of benzene rings is 1. The van der Waals surface area contributed by atoms with Gasteiger partial charge in [0.1, 0.15) is 6.10 Å². The van der Waals surface area contributed by atoms with E-state index in [4.69, 9.17) is 17.0 Å². The SMILES string of the molecule is CNC(=S)[C@]1(c2cccnc2)CCCC[C@H]1OC(=O)c1cc(C(F)(F)F)cc(C(F)(F)F)c1. The number of nitrogens with zero attached hydrogens (tertiary/aromatic N) is 1. The van der Waals surface area contributed by atoms with Crippen molar-refractivity contribution in [2.45, 2.75) is 49.6 Å². The Morgan fingerprint density at radius 3 is 2.27 bits per heavy atom. The molecule has 0 bridgehead atoms. The summed E-state index contributed by atoms with van der Waals surface area (Å²) in [6, 6.07) is 4.11. The monoisotopic (exact) mass is 490 g/mol. The maximum Gasteiger partial charge on any atom is 0.416 e. The Hall–Kier alpha value is -2.69. The summed E-state index contributed by atoms with van der Waals surface area (Å²) in [6.07, 6.45) is -5.79. The first-order chi connectivity index (χ1) is 15.4. The molecular formula is C22H20F6N2O2S. The fraction of sp³-hybridized carbons (Fsp3) is 0.409. The fourth-order valence-electron chi connectivity index (χ4n) is 4.14. The Labute approximate surface area is 191 Å². The van der Waals surface area contributed by atoms with E-state index in [1.807, 2.05) is 0 Å². The normalized spacial score (nSPS) is 21.4. The summed E-state index contributed by atoms with van der Waals surface area (Å²) >= 11 is 5.53. The van der Waals surface area contributed by atoms with Crippen LogP contribution in [0.3, 0.4) is 0 Å². The number of hydrogen-bond donors (Lipinski definition) is 1. The molecule has 2 aromatic rings. The summed E-state index contributed by atoms with van der Waals surface area (Å²) in [6.45, 7) is 0. The summed E-state index contributed by atoms with van der Waals surface area (Å²) in [5, 5.41) is 2.89. The zero-order chi connectivity index (χ0) is 24.4. The van der Waals surface area contributed by atoms with E-state index in [9.17, 15) is 31.1 Å². The Balaban J connectivity index is 2.04. The minimum Gasteiger partial charge on any atom is -0.457 e. The molecule has 1 aromatic carbocycles. The van der Waals surface area contributed by atoms with Crippen molar-refractivity contribution in [3.05, 3.63) is 65.0 Å². The summed E-state index contributed by atoms with van der Waals surface area (Å²) in [4.78, 5) is 17.3. The molecule has 1 fully saturated rings. The average Bonchev–Trinajstić information content (AvgIpc) is 2.78. The van der Waals surface area contributed by atoms with Crippen molar-refractivity contribution in [3.63, 3.8) is 0 Å². The van der Waals surface area contributed by atoms with Crippen LogP contribution in [-0.4, -0.2) is 29.1 Å². The fourth-order valence-corrected chi connectivity index (χ4v) is 4.49. The van der Waals surface area contributed by atoms with E-state index in [0.29, 0.717) is 41.9 Å². The highest BCUT2D eigenvalue weighted by molar-refractivity contribution is 7.80. The molecule has 1 N–H and O–H groups in total. The number of nitrogens with one attached hydrogen (secondary N) is 1. The van der Waals surface area contributed by atoms with Gasteiger partial charge in [0.2, 0.25) is 0 Å². The maximum atomic E-state index is 13.2. The molecule has 1 heterocycles. The lowest BCUT2D eigenvalue weighted by molar-refractivity contribution is -0.143. The second-order valence-corrected chi connectivity index (χ2v) is 8.13. The Bertz CT molecular complexity index is 994. The van der Waals surface area contributed by atoms with E-state index in [0.717, 1.165) is 6.42 Å². The molecule has 2 atom stereocenters. The van der Waals surface area contributed by atoms with Crippen LogP contribution in [0, 0.1) is 0 Å². The van der Waals surface area contributed by atoms with Crippen molar-refractivity contribution in [1.82, 2.24) is 10.3 Å². The highest BCUT2D eigenvalue weighted by atomic mass is 32.1. The second kappa shape index (κ2) is 9.28. The Kier molecular flexibility index (Phi) is 7.01. The van der Waals surface area contributed by atoms with Gasteiger partial charge in [0.05, 0.1) is 27.1 Å². The first-order valence-corrected chi connectivity index (χ1v) is 10.4. The molecule has 0 spiro atoms. The van der Waals surface area contributed by atoms with E-state index in [2.05, 4.69) is 10.3 Å². The largest absolute Gasteiger partial charge is 0.457 e. The molecule has 1 aliphatic carbocycles. The molecule has 3 rings (SSSR count). The van der Waals surface area contributed by atoms with Gasteiger partial charge in [-0.1, -0.05) is 24.7 Å². The number of carbonyl (C=O) groups is 1. The predicted octanol–water partition coefficient (Wildman–Crippen LogP) is 5.70. The number of aromatic nitrogens is 1. The first kappa shape index (κ1) is 24.9. The topological polar surface area (TPSA) is 51.2 Å². The van der Waals surface area contributed by atoms with Crippen LogP contribution in [0.25, 0.3) is 0 Å². The zero-order valence-electron chi connectivity index (χ0n) is 17.4. The van der Waals surface area contributed by atoms with Gasteiger partial charge < -0.3 is 10.1 Å². The zero-order valence-corrected chi connectivity index (χ0v) is 18.2. The smallest absolute Gasteiger partial charge is 0.416 e. The number of ether oxygens (including phenoxy) is 1. The van der Waals surface area contributed by atoms with Gasteiger partial charge in [-0.25, -0.2) is 4.79 Å². The predicted molar refractivity (Wildman–Crippen MR) is 112 cm³/mol. The molecule has 0 aliphatic heterocycles.